The number of hydrogen-bond donors (Lipinski definition) is 0. The van der Waals surface area contributed by atoms with Gasteiger partial charge in [0.15, 0.2) is 11.6 Å². The number of rotatable bonds is 4. The Kier molecular flexibility index (Phi) is 5.74. The van der Waals surface area contributed by atoms with Crippen LogP contribution in [0.3, 0.4) is 0 Å². The van der Waals surface area contributed by atoms with Gasteiger partial charge in [-0.05, 0) is 40.9 Å². The monoisotopic (exact) mass is 360 g/mol. The van der Waals surface area contributed by atoms with Gasteiger partial charge in [0.05, 0.1) is 5.57 Å². The Labute approximate surface area is 162 Å². The van der Waals surface area contributed by atoms with E-state index in [-0.39, 0.29) is 22.9 Å². The standard InChI is InChI=1S/C25H28O2/c1-25(2,3)14-13-22-23(26)16-20(17-24(22)27)21-12-8-7-11-19(21)15-18-9-5-4-6-10-18/h4-13,20H,14-17H2,1-3H3. The van der Waals surface area contributed by atoms with Crippen LogP contribution in [0, 0.1) is 5.41 Å². The fraction of sp³-hybridized carbons (Fsp3) is 0.360. The maximum atomic E-state index is 12.7. The number of carbonyl (C=O) groups excluding carboxylic acids is 2. The summed E-state index contributed by atoms with van der Waals surface area (Å²) in [7, 11) is 0. The second kappa shape index (κ2) is 8.04. The van der Waals surface area contributed by atoms with Gasteiger partial charge in [-0.1, -0.05) is 81.4 Å². The Morgan fingerprint density at radius 1 is 0.889 bits per heavy atom. The molecule has 0 aliphatic heterocycles. The molecule has 0 bridgehead atoms. The first-order valence-electron chi connectivity index (χ1n) is 9.72. The quantitative estimate of drug-likeness (QED) is 0.521. The summed E-state index contributed by atoms with van der Waals surface area (Å²) in [4.78, 5) is 25.4. The van der Waals surface area contributed by atoms with Gasteiger partial charge in [-0.2, -0.15) is 0 Å². The van der Waals surface area contributed by atoms with Crippen LogP contribution in [-0.2, 0) is 16.0 Å². The Morgan fingerprint density at radius 3 is 2.11 bits per heavy atom. The summed E-state index contributed by atoms with van der Waals surface area (Å²) in [5, 5.41) is 0. The van der Waals surface area contributed by atoms with E-state index in [1.807, 2.05) is 36.4 Å². The molecule has 27 heavy (non-hydrogen) atoms. The summed E-state index contributed by atoms with van der Waals surface area (Å²) >= 11 is 0. The number of allylic oxidation sites excluding steroid dienone is 2. The van der Waals surface area contributed by atoms with Crippen LogP contribution in [-0.4, -0.2) is 11.6 Å². The van der Waals surface area contributed by atoms with Crippen molar-refractivity contribution in [3.63, 3.8) is 0 Å². The zero-order chi connectivity index (χ0) is 19.4. The predicted octanol–water partition coefficient (Wildman–Crippen LogP) is 5.66. The normalized spacial score (nSPS) is 17.9. The van der Waals surface area contributed by atoms with Crippen molar-refractivity contribution in [2.45, 2.75) is 52.4 Å². The van der Waals surface area contributed by atoms with Crippen molar-refractivity contribution in [2.75, 3.05) is 0 Å². The highest BCUT2D eigenvalue weighted by atomic mass is 16.1. The Bertz CT molecular complexity index is 833. The smallest absolute Gasteiger partial charge is 0.166 e. The molecule has 0 saturated heterocycles. The second-order valence-electron chi connectivity index (χ2n) is 8.70. The first kappa shape index (κ1) is 19.3. The highest BCUT2D eigenvalue weighted by Crippen LogP contribution is 2.35. The molecule has 140 valence electrons. The van der Waals surface area contributed by atoms with E-state index in [0.29, 0.717) is 18.4 Å². The molecule has 0 N–H and O–H groups in total. The summed E-state index contributed by atoms with van der Waals surface area (Å²) in [6, 6.07) is 18.5. The third kappa shape index (κ3) is 5.03. The summed E-state index contributed by atoms with van der Waals surface area (Å²) in [5.41, 5.74) is 4.08. The molecule has 2 aromatic carbocycles. The van der Waals surface area contributed by atoms with Crippen molar-refractivity contribution in [1.82, 2.24) is 0 Å². The molecule has 1 fully saturated rings. The minimum absolute atomic E-state index is 0.00462. The van der Waals surface area contributed by atoms with Crippen LogP contribution in [0.2, 0.25) is 0 Å². The lowest BCUT2D eigenvalue weighted by atomic mass is 9.77. The minimum Gasteiger partial charge on any atom is -0.294 e. The molecule has 0 aromatic heterocycles. The van der Waals surface area contributed by atoms with E-state index in [1.54, 1.807) is 0 Å². The molecule has 0 unspecified atom stereocenters. The SMILES string of the molecule is CC(C)(C)CC=C1C(=O)CC(c2ccccc2Cc2ccccc2)CC1=O. The Balaban J connectivity index is 1.81. The van der Waals surface area contributed by atoms with Crippen molar-refractivity contribution in [2.24, 2.45) is 5.41 Å². The summed E-state index contributed by atoms with van der Waals surface area (Å²) in [5.74, 6) is -0.0262. The highest BCUT2D eigenvalue weighted by Gasteiger charge is 2.32. The second-order valence-corrected chi connectivity index (χ2v) is 8.70. The van der Waals surface area contributed by atoms with Crippen LogP contribution >= 0.6 is 0 Å². The van der Waals surface area contributed by atoms with Crippen molar-refractivity contribution in [3.8, 4) is 0 Å². The van der Waals surface area contributed by atoms with Crippen LogP contribution in [0.5, 0.6) is 0 Å². The van der Waals surface area contributed by atoms with Crippen LogP contribution in [0.1, 0.15) is 62.6 Å². The highest BCUT2D eigenvalue weighted by molar-refractivity contribution is 6.22. The van der Waals surface area contributed by atoms with Gasteiger partial charge in [0, 0.05) is 12.8 Å². The van der Waals surface area contributed by atoms with Gasteiger partial charge in [0.1, 0.15) is 0 Å². The molecule has 3 rings (SSSR count). The zero-order valence-electron chi connectivity index (χ0n) is 16.5. The lowest BCUT2D eigenvalue weighted by Gasteiger charge is -2.25. The van der Waals surface area contributed by atoms with Gasteiger partial charge < -0.3 is 0 Å². The van der Waals surface area contributed by atoms with Crippen molar-refractivity contribution >= 4 is 11.6 Å². The van der Waals surface area contributed by atoms with Gasteiger partial charge >= 0.3 is 0 Å². The largest absolute Gasteiger partial charge is 0.294 e. The lowest BCUT2D eigenvalue weighted by molar-refractivity contribution is -0.124. The third-order valence-corrected chi connectivity index (χ3v) is 5.12. The molecule has 0 radical (unpaired) electrons. The maximum absolute atomic E-state index is 12.7. The molecule has 2 aromatic rings. The average molecular weight is 360 g/mol. The molecule has 2 nitrogen and oxygen atoms in total. The van der Waals surface area contributed by atoms with Gasteiger partial charge in [0.25, 0.3) is 0 Å². The van der Waals surface area contributed by atoms with Crippen molar-refractivity contribution in [3.05, 3.63) is 82.9 Å². The Morgan fingerprint density at radius 2 is 1.48 bits per heavy atom. The molecule has 2 heteroatoms. The molecular weight excluding hydrogens is 332 g/mol. The third-order valence-electron chi connectivity index (χ3n) is 5.12. The lowest BCUT2D eigenvalue weighted by Crippen LogP contribution is -2.25. The number of hydrogen-bond acceptors (Lipinski definition) is 2. The Hall–Kier alpha value is -2.48. The molecule has 0 atom stereocenters. The van der Waals surface area contributed by atoms with E-state index in [1.165, 1.54) is 11.1 Å². The van der Waals surface area contributed by atoms with E-state index < -0.39 is 0 Å². The van der Waals surface area contributed by atoms with Gasteiger partial charge in [0.2, 0.25) is 0 Å². The van der Waals surface area contributed by atoms with E-state index >= 15 is 0 Å². The van der Waals surface area contributed by atoms with Crippen molar-refractivity contribution in [1.29, 1.82) is 0 Å². The first-order chi connectivity index (χ1) is 12.8. The molecule has 1 aliphatic rings. The number of benzene rings is 2. The van der Waals surface area contributed by atoms with Crippen LogP contribution in [0.15, 0.2) is 66.2 Å². The van der Waals surface area contributed by atoms with Gasteiger partial charge in [-0.15, -0.1) is 0 Å². The topological polar surface area (TPSA) is 34.1 Å². The molecule has 0 amide bonds. The van der Waals surface area contributed by atoms with E-state index in [9.17, 15) is 9.59 Å². The first-order valence-corrected chi connectivity index (χ1v) is 9.72. The number of carbonyl (C=O) groups is 2. The molecular formula is C25H28O2. The van der Waals surface area contributed by atoms with Crippen LogP contribution in [0.4, 0.5) is 0 Å². The molecule has 1 aliphatic carbocycles. The summed E-state index contributed by atoms with van der Waals surface area (Å²) in [6.07, 6.45) is 4.27. The van der Waals surface area contributed by atoms with Crippen molar-refractivity contribution < 1.29 is 9.59 Å². The van der Waals surface area contributed by atoms with Gasteiger partial charge in [-0.3, -0.25) is 9.59 Å². The zero-order valence-corrected chi connectivity index (χ0v) is 16.5. The predicted molar refractivity (Wildman–Crippen MR) is 110 cm³/mol. The van der Waals surface area contributed by atoms with E-state index in [4.69, 9.17) is 0 Å². The van der Waals surface area contributed by atoms with Gasteiger partial charge in [-0.25, -0.2) is 0 Å². The van der Waals surface area contributed by atoms with Crippen LogP contribution in [0.25, 0.3) is 0 Å². The summed E-state index contributed by atoms with van der Waals surface area (Å²) < 4.78 is 0. The summed E-state index contributed by atoms with van der Waals surface area (Å²) in [6.45, 7) is 6.35. The fourth-order valence-electron chi connectivity index (χ4n) is 3.66. The van der Waals surface area contributed by atoms with E-state index in [2.05, 4.69) is 45.0 Å². The number of ketones is 2. The molecule has 1 saturated carbocycles. The maximum Gasteiger partial charge on any atom is 0.166 e. The molecule has 0 spiro atoms. The number of Topliss-reactive ketones (excluding diaryl/α,β-unsaturated/α-hetero) is 2. The molecule has 0 heterocycles. The average Bonchev–Trinajstić information content (AvgIpc) is 2.61. The fourth-order valence-corrected chi connectivity index (χ4v) is 3.66. The van der Waals surface area contributed by atoms with Crippen LogP contribution < -0.4 is 0 Å². The van der Waals surface area contributed by atoms with E-state index in [0.717, 1.165) is 18.4 Å². The minimum atomic E-state index is -0.0169.